The summed E-state index contributed by atoms with van der Waals surface area (Å²) >= 11 is 6.12. The maximum atomic E-state index is 6.12. The van der Waals surface area contributed by atoms with Crippen LogP contribution in [0.2, 0.25) is 5.02 Å². The summed E-state index contributed by atoms with van der Waals surface area (Å²) < 4.78 is 10.7. The molecule has 0 fully saturated rings. The van der Waals surface area contributed by atoms with Crippen molar-refractivity contribution in [1.82, 2.24) is 9.97 Å². The third-order valence-electron chi connectivity index (χ3n) is 3.11. The number of fused-ring (bicyclic) bond motifs is 2. The van der Waals surface area contributed by atoms with E-state index in [-0.39, 0.29) is 6.79 Å². The van der Waals surface area contributed by atoms with Gasteiger partial charge in [0.2, 0.25) is 6.79 Å². The van der Waals surface area contributed by atoms with Gasteiger partial charge in [-0.1, -0.05) is 17.7 Å². The van der Waals surface area contributed by atoms with Crippen molar-refractivity contribution in [3.8, 4) is 22.9 Å². The lowest BCUT2D eigenvalue weighted by atomic mass is 10.2. The lowest BCUT2D eigenvalue weighted by Crippen LogP contribution is -1.92. The van der Waals surface area contributed by atoms with E-state index < -0.39 is 0 Å². The van der Waals surface area contributed by atoms with Crippen LogP contribution in [0, 0.1) is 0 Å². The highest BCUT2D eigenvalue weighted by Crippen LogP contribution is 2.35. The van der Waals surface area contributed by atoms with Crippen molar-refractivity contribution in [3.63, 3.8) is 0 Å². The first-order valence-corrected chi connectivity index (χ1v) is 6.23. The van der Waals surface area contributed by atoms with Crippen LogP contribution in [0.5, 0.6) is 11.5 Å². The van der Waals surface area contributed by atoms with Crippen LogP contribution in [0.4, 0.5) is 0 Å². The summed E-state index contributed by atoms with van der Waals surface area (Å²) in [6.07, 6.45) is 0. The molecule has 4 rings (SSSR count). The number of ether oxygens (including phenoxy) is 2. The van der Waals surface area contributed by atoms with Crippen molar-refractivity contribution in [1.29, 1.82) is 0 Å². The van der Waals surface area contributed by atoms with Crippen LogP contribution in [0.3, 0.4) is 0 Å². The summed E-state index contributed by atoms with van der Waals surface area (Å²) in [5, 5.41) is 0.640. The predicted molar refractivity (Wildman–Crippen MR) is 72.7 cm³/mol. The Kier molecular flexibility index (Phi) is 2.19. The van der Waals surface area contributed by atoms with Crippen LogP contribution in [-0.4, -0.2) is 16.8 Å². The Bertz CT molecular complexity index is 782. The SMILES string of the molecule is Clc1cccc2[nH]c(-c3ccc4c(c3)OCO4)nc12. The van der Waals surface area contributed by atoms with Gasteiger partial charge >= 0.3 is 0 Å². The summed E-state index contributed by atoms with van der Waals surface area (Å²) in [5.41, 5.74) is 2.63. The van der Waals surface area contributed by atoms with Crippen molar-refractivity contribution in [2.75, 3.05) is 6.79 Å². The molecule has 5 heteroatoms. The van der Waals surface area contributed by atoms with Crippen LogP contribution in [0.25, 0.3) is 22.4 Å². The van der Waals surface area contributed by atoms with Crippen molar-refractivity contribution < 1.29 is 9.47 Å². The van der Waals surface area contributed by atoms with E-state index in [9.17, 15) is 0 Å². The number of imidazole rings is 1. The van der Waals surface area contributed by atoms with Gasteiger partial charge in [0.15, 0.2) is 11.5 Å². The molecule has 19 heavy (non-hydrogen) atoms. The first kappa shape index (κ1) is 10.7. The Hall–Kier alpha value is -2.20. The molecule has 1 aromatic heterocycles. The molecular formula is C14H9ClN2O2. The average molecular weight is 273 g/mol. The largest absolute Gasteiger partial charge is 0.454 e. The minimum absolute atomic E-state index is 0.269. The summed E-state index contributed by atoms with van der Waals surface area (Å²) in [6, 6.07) is 11.4. The Morgan fingerprint density at radius 1 is 1.11 bits per heavy atom. The van der Waals surface area contributed by atoms with Crippen molar-refractivity contribution >= 4 is 22.6 Å². The molecule has 1 aliphatic rings. The average Bonchev–Trinajstić information content (AvgIpc) is 3.04. The Morgan fingerprint density at radius 3 is 2.89 bits per heavy atom. The second kappa shape index (κ2) is 3.90. The van der Waals surface area contributed by atoms with E-state index in [1.165, 1.54) is 0 Å². The fourth-order valence-corrected chi connectivity index (χ4v) is 2.39. The molecular weight excluding hydrogens is 264 g/mol. The standard InChI is InChI=1S/C14H9ClN2O2/c15-9-2-1-3-10-13(9)17-14(16-10)8-4-5-11-12(6-8)19-7-18-11/h1-6H,7H2,(H,16,17). The Labute approximate surface area is 113 Å². The Morgan fingerprint density at radius 2 is 2.00 bits per heavy atom. The quantitative estimate of drug-likeness (QED) is 0.736. The molecule has 0 bridgehead atoms. The molecule has 4 nitrogen and oxygen atoms in total. The van der Waals surface area contributed by atoms with Gasteiger partial charge < -0.3 is 14.5 Å². The first-order chi connectivity index (χ1) is 9.31. The van der Waals surface area contributed by atoms with Crippen molar-refractivity contribution in [3.05, 3.63) is 41.4 Å². The van der Waals surface area contributed by atoms with E-state index in [1.54, 1.807) is 0 Å². The highest BCUT2D eigenvalue weighted by atomic mass is 35.5. The molecule has 1 N–H and O–H groups in total. The van der Waals surface area contributed by atoms with E-state index in [1.807, 2.05) is 36.4 Å². The van der Waals surface area contributed by atoms with Gasteiger partial charge in [0.1, 0.15) is 11.3 Å². The maximum Gasteiger partial charge on any atom is 0.231 e. The molecule has 0 unspecified atom stereocenters. The predicted octanol–water partition coefficient (Wildman–Crippen LogP) is 3.61. The molecule has 0 atom stereocenters. The van der Waals surface area contributed by atoms with Gasteiger partial charge in [0, 0.05) is 5.56 Å². The first-order valence-electron chi connectivity index (χ1n) is 5.85. The fraction of sp³-hybridized carbons (Fsp3) is 0.0714. The molecule has 2 aromatic carbocycles. The molecule has 1 aliphatic heterocycles. The lowest BCUT2D eigenvalue weighted by Gasteiger charge is -1.99. The number of rotatable bonds is 1. The fourth-order valence-electron chi connectivity index (χ4n) is 2.18. The molecule has 0 spiro atoms. The number of halogens is 1. The van der Waals surface area contributed by atoms with E-state index in [2.05, 4.69) is 9.97 Å². The van der Waals surface area contributed by atoms with Gasteiger partial charge in [-0.05, 0) is 30.3 Å². The van der Waals surface area contributed by atoms with Gasteiger partial charge in [-0.25, -0.2) is 4.98 Å². The van der Waals surface area contributed by atoms with Crippen molar-refractivity contribution in [2.24, 2.45) is 0 Å². The van der Waals surface area contributed by atoms with Crippen LogP contribution >= 0.6 is 11.6 Å². The summed E-state index contributed by atoms with van der Waals surface area (Å²) in [5.74, 6) is 2.27. The van der Waals surface area contributed by atoms with Gasteiger partial charge in [-0.15, -0.1) is 0 Å². The molecule has 0 radical (unpaired) electrons. The van der Waals surface area contributed by atoms with E-state index in [4.69, 9.17) is 21.1 Å². The third-order valence-corrected chi connectivity index (χ3v) is 3.41. The maximum absolute atomic E-state index is 6.12. The van der Waals surface area contributed by atoms with E-state index in [0.717, 1.165) is 33.9 Å². The van der Waals surface area contributed by atoms with Crippen LogP contribution in [-0.2, 0) is 0 Å². The number of nitrogens with zero attached hydrogens (tertiary/aromatic N) is 1. The van der Waals surface area contributed by atoms with Gasteiger partial charge in [-0.2, -0.15) is 0 Å². The van der Waals surface area contributed by atoms with Crippen molar-refractivity contribution in [2.45, 2.75) is 0 Å². The van der Waals surface area contributed by atoms with E-state index >= 15 is 0 Å². The molecule has 0 saturated heterocycles. The van der Waals surface area contributed by atoms with Crippen LogP contribution in [0.1, 0.15) is 0 Å². The number of aromatic nitrogens is 2. The minimum atomic E-state index is 0.269. The topological polar surface area (TPSA) is 47.1 Å². The zero-order chi connectivity index (χ0) is 12.8. The normalized spacial score (nSPS) is 13.1. The second-order valence-corrected chi connectivity index (χ2v) is 4.70. The smallest absolute Gasteiger partial charge is 0.231 e. The monoisotopic (exact) mass is 272 g/mol. The number of para-hydroxylation sites is 1. The highest BCUT2D eigenvalue weighted by molar-refractivity contribution is 6.34. The number of aromatic amines is 1. The number of benzene rings is 2. The molecule has 0 amide bonds. The van der Waals surface area contributed by atoms with Crippen LogP contribution < -0.4 is 9.47 Å². The molecule has 0 aliphatic carbocycles. The Balaban J connectivity index is 1.88. The molecule has 0 saturated carbocycles. The number of H-pyrrole nitrogens is 1. The van der Waals surface area contributed by atoms with Gasteiger partial charge in [-0.3, -0.25) is 0 Å². The lowest BCUT2D eigenvalue weighted by molar-refractivity contribution is 0.174. The molecule has 94 valence electrons. The van der Waals surface area contributed by atoms with Crippen LogP contribution in [0.15, 0.2) is 36.4 Å². The molecule has 3 aromatic rings. The third kappa shape index (κ3) is 1.64. The van der Waals surface area contributed by atoms with Gasteiger partial charge in [0.25, 0.3) is 0 Å². The number of nitrogens with one attached hydrogen (secondary N) is 1. The summed E-state index contributed by atoms with van der Waals surface area (Å²) in [6.45, 7) is 0.269. The summed E-state index contributed by atoms with van der Waals surface area (Å²) in [7, 11) is 0. The highest BCUT2D eigenvalue weighted by Gasteiger charge is 2.15. The van der Waals surface area contributed by atoms with E-state index in [0.29, 0.717) is 5.02 Å². The number of hydrogen-bond acceptors (Lipinski definition) is 3. The molecule has 2 heterocycles. The number of hydrogen-bond donors (Lipinski definition) is 1. The zero-order valence-corrected chi connectivity index (χ0v) is 10.6. The zero-order valence-electron chi connectivity index (χ0n) is 9.81. The summed E-state index contributed by atoms with van der Waals surface area (Å²) in [4.78, 5) is 7.78. The second-order valence-electron chi connectivity index (χ2n) is 4.29. The minimum Gasteiger partial charge on any atom is -0.454 e. The van der Waals surface area contributed by atoms with Gasteiger partial charge in [0.05, 0.1) is 10.5 Å².